The lowest BCUT2D eigenvalue weighted by Gasteiger charge is -2.37. The highest BCUT2D eigenvalue weighted by atomic mass is 32.2. The van der Waals surface area contributed by atoms with Gasteiger partial charge in [0.2, 0.25) is 5.91 Å². The first-order valence-corrected chi connectivity index (χ1v) is 13.2. The number of nitrogens with zero attached hydrogens (tertiary/aromatic N) is 2. The normalized spacial score (nSPS) is 20.8. The van der Waals surface area contributed by atoms with E-state index in [0.29, 0.717) is 5.75 Å². The fourth-order valence-electron chi connectivity index (χ4n) is 3.88. The Balaban J connectivity index is 1.57. The summed E-state index contributed by atoms with van der Waals surface area (Å²) in [7, 11) is -3.28. The van der Waals surface area contributed by atoms with Crippen molar-refractivity contribution in [3.05, 3.63) is 60.2 Å². The Labute approximate surface area is 190 Å². The van der Waals surface area contributed by atoms with E-state index >= 15 is 0 Å². The second-order valence-corrected chi connectivity index (χ2v) is 11.1. The third-order valence-electron chi connectivity index (χ3n) is 5.46. The van der Waals surface area contributed by atoms with Crippen LogP contribution in [0.25, 0.3) is 0 Å². The number of anilines is 1. The van der Waals surface area contributed by atoms with Crippen molar-refractivity contribution in [2.45, 2.75) is 23.4 Å². The fraction of sp³-hybridized carbons (Fsp3) is 0.318. The van der Waals surface area contributed by atoms with E-state index < -0.39 is 34.4 Å². The van der Waals surface area contributed by atoms with Gasteiger partial charge in [-0.3, -0.25) is 14.5 Å². The zero-order valence-corrected chi connectivity index (χ0v) is 19.1. The average molecular weight is 474 g/mol. The summed E-state index contributed by atoms with van der Waals surface area (Å²) in [5, 5.41) is 2.49. The maximum atomic E-state index is 13.5. The molecule has 0 saturated carbocycles. The number of hydrogen-bond acceptors (Lipinski definition) is 6. The van der Waals surface area contributed by atoms with Gasteiger partial charge in [-0.05, 0) is 24.1 Å². The van der Waals surface area contributed by atoms with Crippen molar-refractivity contribution in [1.29, 1.82) is 0 Å². The summed E-state index contributed by atoms with van der Waals surface area (Å²) in [5.74, 6) is -0.538. The zero-order chi connectivity index (χ0) is 22.9. The van der Waals surface area contributed by atoms with Gasteiger partial charge < -0.3 is 10.2 Å². The van der Waals surface area contributed by atoms with Crippen LogP contribution in [0, 0.1) is 0 Å². The number of amides is 4. The first-order chi connectivity index (χ1) is 15.2. The number of hydrogen-bond donors (Lipinski definition) is 1. The van der Waals surface area contributed by atoms with Crippen LogP contribution in [-0.2, 0) is 19.4 Å². The highest BCUT2D eigenvalue weighted by Crippen LogP contribution is 2.43. The Kier molecular flexibility index (Phi) is 6.25. The van der Waals surface area contributed by atoms with E-state index in [1.165, 1.54) is 0 Å². The van der Waals surface area contributed by atoms with Crippen LogP contribution in [0.3, 0.4) is 0 Å². The summed E-state index contributed by atoms with van der Waals surface area (Å²) < 4.78 is 22.9. The van der Waals surface area contributed by atoms with E-state index in [2.05, 4.69) is 5.32 Å². The summed E-state index contributed by atoms with van der Waals surface area (Å²) in [6, 6.07) is 15.3. The van der Waals surface area contributed by atoms with Gasteiger partial charge in [-0.1, -0.05) is 42.5 Å². The molecule has 0 aliphatic carbocycles. The largest absolute Gasteiger partial charge is 0.326 e. The first-order valence-electron chi connectivity index (χ1n) is 10.1. The predicted octanol–water partition coefficient (Wildman–Crippen LogP) is 2.22. The van der Waals surface area contributed by atoms with E-state index in [-0.39, 0.29) is 24.1 Å². The number of sulfone groups is 1. The van der Waals surface area contributed by atoms with Crippen LogP contribution < -0.4 is 10.2 Å². The Hall–Kier alpha value is -2.85. The number of urea groups is 1. The van der Waals surface area contributed by atoms with Gasteiger partial charge >= 0.3 is 6.03 Å². The zero-order valence-electron chi connectivity index (χ0n) is 17.4. The average Bonchev–Trinajstić information content (AvgIpc) is 3.04. The molecule has 0 bridgehead atoms. The molecular formula is C22H23N3O5S2. The van der Waals surface area contributed by atoms with Gasteiger partial charge in [-0.2, -0.15) is 0 Å². The Morgan fingerprint density at radius 3 is 2.50 bits per heavy atom. The van der Waals surface area contributed by atoms with Crippen molar-refractivity contribution in [1.82, 2.24) is 10.2 Å². The monoisotopic (exact) mass is 473 g/mol. The van der Waals surface area contributed by atoms with E-state index in [9.17, 15) is 22.8 Å². The maximum absolute atomic E-state index is 13.5. The van der Waals surface area contributed by atoms with Crippen LogP contribution in [0.15, 0.2) is 59.5 Å². The van der Waals surface area contributed by atoms with Gasteiger partial charge in [-0.15, -0.1) is 11.8 Å². The molecule has 8 nitrogen and oxygen atoms in total. The second kappa shape index (κ2) is 8.95. The van der Waals surface area contributed by atoms with Crippen LogP contribution in [0.4, 0.5) is 10.5 Å². The molecule has 0 radical (unpaired) electrons. The van der Waals surface area contributed by atoms with Gasteiger partial charge in [0.1, 0.15) is 22.4 Å². The predicted molar refractivity (Wildman–Crippen MR) is 122 cm³/mol. The van der Waals surface area contributed by atoms with Gasteiger partial charge in [0.15, 0.2) is 0 Å². The number of fused-ring (bicyclic) bond motifs is 1. The maximum Gasteiger partial charge on any atom is 0.325 e. The second-order valence-electron chi connectivity index (χ2n) is 7.81. The van der Waals surface area contributed by atoms with Gasteiger partial charge in [0.05, 0.1) is 17.5 Å². The Morgan fingerprint density at radius 2 is 1.78 bits per heavy atom. The quantitative estimate of drug-likeness (QED) is 0.646. The molecule has 0 unspecified atom stereocenters. The van der Waals surface area contributed by atoms with Crippen molar-refractivity contribution in [3.63, 3.8) is 0 Å². The molecule has 0 aromatic heterocycles. The Morgan fingerprint density at radius 1 is 1.09 bits per heavy atom. The number of imide groups is 1. The topological polar surface area (TPSA) is 104 Å². The number of rotatable bonds is 6. The minimum Gasteiger partial charge on any atom is -0.326 e. The standard InChI is InChI=1S/C22H23N3O5S2/c1-32(29,30)12-11-16-21(27)24(22(28)23-16)13-20(26)25-17-9-5-6-10-19(17)31-14-18(25)15-7-3-2-4-8-15/h2-10,16,18H,11-14H2,1H3,(H,23,28)/t16-,18-/m1/s1. The fourth-order valence-corrected chi connectivity index (χ4v) is 5.72. The minimum atomic E-state index is -3.28. The highest BCUT2D eigenvalue weighted by molar-refractivity contribution is 7.99. The van der Waals surface area contributed by atoms with E-state index in [1.807, 2.05) is 54.6 Å². The molecular weight excluding hydrogens is 450 g/mol. The van der Waals surface area contributed by atoms with Crippen LogP contribution >= 0.6 is 11.8 Å². The smallest absolute Gasteiger partial charge is 0.325 e. The van der Waals surface area contributed by atoms with Crippen molar-refractivity contribution in [2.75, 3.05) is 29.2 Å². The minimum absolute atomic E-state index is 0.0239. The van der Waals surface area contributed by atoms with Crippen molar-refractivity contribution >= 4 is 45.1 Å². The van der Waals surface area contributed by atoms with E-state index in [1.54, 1.807) is 16.7 Å². The van der Waals surface area contributed by atoms with Crippen molar-refractivity contribution < 1.29 is 22.8 Å². The molecule has 4 rings (SSSR count). The number of nitrogens with one attached hydrogen (secondary N) is 1. The molecule has 32 heavy (non-hydrogen) atoms. The van der Waals surface area contributed by atoms with E-state index in [0.717, 1.165) is 27.3 Å². The van der Waals surface area contributed by atoms with Gasteiger partial charge in [-0.25, -0.2) is 13.2 Å². The van der Waals surface area contributed by atoms with Crippen molar-refractivity contribution in [2.24, 2.45) is 0 Å². The van der Waals surface area contributed by atoms with Crippen molar-refractivity contribution in [3.8, 4) is 0 Å². The molecule has 1 N–H and O–H groups in total. The number of carbonyl (C=O) groups excluding carboxylic acids is 3. The van der Waals surface area contributed by atoms with Crippen LogP contribution in [0.5, 0.6) is 0 Å². The lowest BCUT2D eigenvalue weighted by Crippen LogP contribution is -2.46. The SMILES string of the molecule is CS(=O)(=O)CC[C@H]1NC(=O)N(CC(=O)N2c3ccccc3SC[C@@H]2c2ccccc2)C1=O. The number of benzene rings is 2. The molecule has 10 heteroatoms. The molecule has 4 amide bonds. The highest BCUT2D eigenvalue weighted by Gasteiger charge is 2.41. The lowest BCUT2D eigenvalue weighted by atomic mass is 10.1. The Bertz CT molecular complexity index is 1150. The van der Waals surface area contributed by atoms with Gasteiger partial charge in [0, 0.05) is 16.9 Å². The molecule has 2 aliphatic rings. The van der Waals surface area contributed by atoms with E-state index in [4.69, 9.17) is 0 Å². The summed E-state index contributed by atoms with van der Waals surface area (Å²) in [6.45, 7) is -0.414. The molecule has 1 saturated heterocycles. The van der Waals surface area contributed by atoms with Crippen LogP contribution in [0.1, 0.15) is 18.0 Å². The molecule has 2 aromatic carbocycles. The molecule has 2 aromatic rings. The summed E-state index contributed by atoms with van der Waals surface area (Å²) >= 11 is 1.66. The number of carbonyl (C=O) groups is 3. The number of para-hydroxylation sites is 1. The van der Waals surface area contributed by atoms with Crippen LogP contribution in [0.2, 0.25) is 0 Å². The summed E-state index contributed by atoms with van der Waals surface area (Å²) in [4.78, 5) is 42.1. The molecule has 2 aliphatic heterocycles. The molecule has 168 valence electrons. The third-order valence-corrected chi connectivity index (χ3v) is 7.58. The summed E-state index contributed by atoms with van der Waals surface area (Å²) in [5.41, 5.74) is 1.70. The number of thioether (sulfide) groups is 1. The first kappa shape index (κ1) is 22.3. The third kappa shape index (κ3) is 4.66. The van der Waals surface area contributed by atoms with Gasteiger partial charge in [0.25, 0.3) is 5.91 Å². The molecule has 0 spiro atoms. The lowest BCUT2D eigenvalue weighted by molar-refractivity contribution is -0.131. The summed E-state index contributed by atoms with van der Waals surface area (Å²) in [6.07, 6.45) is 1.05. The molecule has 1 fully saturated rings. The molecule has 2 heterocycles. The van der Waals surface area contributed by atoms with Crippen LogP contribution in [-0.4, -0.2) is 61.5 Å². The molecule has 2 atom stereocenters.